The van der Waals surface area contributed by atoms with Crippen LogP contribution >= 0.6 is 11.6 Å². The maximum absolute atomic E-state index is 6.76. The molecule has 3 nitrogen and oxygen atoms in total. The van der Waals surface area contributed by atoms with Crippen molar-refractivity contribution >= 4 is 35.4 Å². The van der Waals surface area contributed by atoms with Gasteiger partial charge in [0.25, 0.3) is 0 Å². The van der Waals surface area contributed by atoms with E-state index in [9.17, 15) is 0 Å². The molecule has 0 aliphatic heterocycles. The van der Waals surface area contributed by atoms with Crippen LogP contribution < -0.4 is 24.8 Å². The summed E-state index contributed by atoms with van der Waals surface area (Å²) in [6.45, 7) is 0. The van der Waals surface area contributed by atoms with Gasteiger partial charge in [0.15, 0.2) is 0 Å². The van der Waals surface area contributed by atoms with Gasteiger partial charge in [-0.05, 0) is 109 Å². The summed E-state index contributed by atoms with van der Waals surface area (Å²) in [6.07, 6.45) is 30.2. The van der Waals surface area contributed by atoms with Crippen LogP contribution in [0.4, 0.5) is 11.4 Å². The van der Waals surface area contributed by atoms with Crippen molar-refractivity contribution in [2.75, 3.05) is 0 Å². The van der Waals surface area contributed by atoms with E-state index in [1.165, 1.54) is 162 Å². The van der Waals surface area contributed by atoms with E-state index in [4.69, 9.17) is 26.6 Å². The fourth-order valence-electron chi connectivity index (χ4n) is 9.36. The van der Waals surface area contributed by atoms with Crippen molar-refractivity contribution in [1.29, 1.82) is 0 Å². The molecule has 4 aliphatic carbocycles. The molecule has 0 bridgehead atoms. The maximum atomic E-state index is 6.76. The number of pyridine rings is 1. The molecule has 4 aliphatic rings. The van der Waals surface area contributed by atoms with Crippen LogP contribution in [0.5, 0.6) is 0 Å². The summed E-state index contributed by atoms with van der Waals surface area (Å²) in [7, 11) is 0. The van der Waals surface area contributed by atoms with E-state index < -0.39 is 0 Å². The second kappa shape index (κ2) is 20.5. The molecule has 4 fully saturated rings. The summed E-state index contributed by atoms with van der Waals surface area (Å²) in [4.78, 5) is 15.6. The van der Waals surface area contributed by atoms with Gasteiger partial charge in [-0.3, -0.25) is 9.98 Å². The molecule has 7 rings (SSSR count). The van der Waals surface area contributed by atoms with Crippen molar-refractivity contribution in [2.45, 2.75) is 152 Å². The number of aliphatic imine (C=N–C) groups is 2. The predicted octanol–water partition coefficient (Wildman–Crippen LogP) is 7.43. The third kappa shape index (κ3) is 10.3. The van der Waals surface area contributed by atoms with Gasteiger partial charge in [0.05, 0.1) is 35.2 Å². The molecule has 0 amide bonds. The van der Waals surface area contributed by atoms with Crippen LogP contribution in [0.15, 0.2) is 58.5 Å². The first-order valence-electron chi connectivity index (χ1n) is 19.2. The molecule has 7 heteroatoms. The Bertz CT molecular complexity index is 1360. The zero-order chi connectivity index (χ0) is 31.8. The minimum atomic E-state index is 0. The molecule has 1 aromatic heterocycles. The quantitative estimate of drug-likeness (QED) is 0.173. The molecule has 0 radical (unpaired) electrons. The Morgan fingerprint density at radius 3 is 1.04 bits per heavy atom. The molecule has 1 heterocycles. The topological polar surface area (TPSA) is 37.6 Å². The Balaban J connectivity index is 0.00000187. The molecule has 0 N–H and O–H groups in total. The molecule has 0 saturated heterocycles. The van der Waals surface area contributed by atoms with Gasteiger partial charge in [0.2, 0.25) is 0 Å². The number of hydrogen-bond donors (Lipinski definition) is 0. The summed E-state index contributed by atoms with van der Waals surface area (Å²) in [5, 5.41) is 0.684. The molecule has 2 aromatic carbocycles. The molecular weight excluding hydrogens is 721 g/mol. The molecule has 0 atom stereocenters. The smallest absolute Gasteiger partial charge is 1.00 e. The number of halogens is 3. The predicted molar refractivity (Wildman–Crippen MR) is 200 cm³/mol. The van der Waals surface area contributed by atoms with E-state index in [-0.39, 0.29) is 41.9 Å². The average molecular weight is 775 g/mol. The Hall–Kier alpha value is -1.68. The zero-order valence-electron chi connectivity index (χ0n) is 29.6. The van der Waals surface area contributed by atoms with Crippen LogP contribution in [0.1, 0.15) is 186 Å². The molecule has 3 aromatic rings. The Morgan fingerprint density at radius 2 is 0.760 bits per heavy atom. The van der Waals surface area contributed by atoms with Crippen molar-refractivity contribution in [3.63, 3.8) is 0 Å². The van der Waals surface area contributed by atoms with Crippen LogP contribution in [0.3, 0.4) is 0 Å². The number of benzene rings is 2. The normalized spacial score (nSPS) is 19.9. The SMILES string of the molecule is Clc1cc(C=Nc2c(C3CCCCC3)cccc2C2CCCCC2)nc(C=Nc2c(C3CCCCC3)cccc2C2CCCCC2)c1.[Cl-].[Cl-].[Fe+2]. The minimum Gasteiger partial charge on any atom is -1.00 e. The van der Waals surface area contributed by atoms with Crippen molar-refractivity contribution < 1.29 is 41.9 Å². The van der Waals surface area contributed by atoms with Gasteiger partial charge in [-0.15, -0.1) is 0 Å². The number of rotatable bonds is 8. The van der Waals surface area contributed by atoms with Crippen LogP contribution in [0.25, 0.3) is 0 Å². The van der Waals surface area contributed by atoms with Crippen LogP contribution in [-0.4, -0.2) is 17.4 Å². The van der Waals surface area contributed by atoms with Gasteiger partial charge >= 0.3 is 17.1 Å². The van der Waals surface area contributed by atoms with Gasteiger partial charge in [-0.25, -0.2) is 4.98 Å². The third-order valence-corrected chi connectivity index (χ3v) is 12.1. The van der Waals surface area contributed by atoms with Crippen LogP contribution in [-0.2, 0) is 17.1 Å². The van der Waals surface area contributed by atoms with E-state index in [1.54, 1.807) is 0 Å². The van der Waals surface area contributed by atoms with E-state index in [2.05, 4.69) is 36.4 Å². The van der Waals surface area contributed by atoms with Crippen molar-refractivity contribution in [2.24, 2.45) is 9.98 Å². The van der Waals surface area contributed by atoms with Crippen molar-refractivity contribution in [1.82, 2.24) is 4.98 Å². The standard InChI is InChI=1S/C43H54ClN3.2ClH.Fe/c44-35-27-36(29-45-42-38(31-15-5-1-6-16-31)23-13-24-39(42)32-17-7-2-8-18-32)47-37(28-35)30-46-43-40(33-19-9-3-10-20-33)25-14-26-41(43)34-21-11-4-12-22-34;;;/h13-14,23-34H,1-12,15-22H2;2*1H;/q;;;+2/p-2. The largest absolute Gasteiger partial charge is 2.00 e. The first-order valence-corrected chi connectivity index (χ1v) is 19.6. The maximum Gasteiger partial charge on any atom is 2.00 e. The van der Waals surface area contributed by atoms with Crippen molar-refractivity contribution in [3.8, 4) is 0 Å². The van der Waals surface area contributed by atoms with Gasteiger partial charge in [-0.2, -0.15) is 0 Å². The van der Waals surface area contributed by atoms with E-state index in [1.807, 2.05) is 24.6 Å². The molecular formula is C43H54Cl3FeN3. The second-order valence-electron chi connectivity index (χ2n) is 15.1. The summed E-state index contributed by atoms with van der Waals surface area (Å²) in [5.74, 6) is 2.43. The Kier molecular flexibility index (Phi) is 16.9. The minimum absolute atomic E-state index is 0. The average Bonchev–Trinajstić information content (AvgIpc) is 3.14. The number of nitrogens with zero attached hydrogens (tertiary/aromatic N) is 3. The molecule has 270 valence electrons. The summed E-state index contributed by atoms with van der Waals surface area (Å²) in [5.41, 5.74) is 9.82. The first kappa shape index (κ1) is 41.1. The van der Waals surface area contributed by atoms with Crippen LogP contribution in [0.2, 0.25) is 5.02 Å². The number of hydrogen-bond acceptors (Lipinski definition) is 3. The van der Waals surface area contributed by atoms with Crippen LogP contribution in [0, 0.1) is 0 Å². The fraction of sp³-hybridized carbons (Fsp3) is 0.558. The molecule has 4 saturated carbocycles. The number of para-hydroxylation sites is 2. The third-order valence-electron chi connectivity index (χ3n) is 11.9. The van der Waals surface area contributed by atoms with E-state index in [0.717, 1.165) is 11.4 Å². The van der Waals surface area contributed by atoms with E-state index >= 15 is 0 Å². The molecule has 50 heavy (non-hydrogen) atoms. The fourth-order valence-corrected chi connectivity index (χ4v) is 9.59. The van der Waals surface area contributed by atoms with Gasteiger partial charge in [-0.1, -0.05) is 125 Å². The zero-order valence-corrected chi connectivity index (χ0v) is 32.9. The van der Waals surface area contributed by atoms with Gasteiger partial charge < -0.3 is 24.8 Å². The Labute approximate surface area is 329 Å². The summed E-state index contributed by atoms with van der Waals surface area (Å²) in [6, 6.07) is 17.9. The monoisotopic (exact) mass is 773 g/mol. The second-order valence-corrected chi connectivity index (χ2v) is 15.5. The Morgan fingerprint density at radius 1 is 0.480 bits per heavy atom. The van der Waals surface area contributed by atoms with Crippen molar-refractivity contribution in [3.05, 3.63) is 87.2 Å². The van der Waals surface area contributed by atoms with Gasteiger partial charge in [0, 0.05) is 5.02 Å². The molecule has 0 spiro atoms. The van der Waals surface area contributed by atoms with Gasteiger partial charge in [0.1, 0.15) is 0 Å². The summed E-state index contributed by atoms with van der Waals surface area (Å²) >= 11 is 6.76. The number of aromatic nitrogens is 1. The molecule has 0 unspecified atom stereocenters. The summed E-state index contributed by atoms with van der Waals surface area (Å²) < 4.78 is 0. The first-order chi connectivity index (χ1) is 23.2. The van der Waals surface area contributed by atoms with E-state index in [0.29, 0.717) is 28.7 Å².